The fourth-order valence-corrected chi connectivity index (χ4v) is 2.40. The van der Waals surface area contributed by atoms with Crippen molar-refractivity contribution in [1.82, 2.24) is 0 Å². The molecule has 0 aromatic heterocycles. The number of hydrogen-bond acceptors (Lipinski definition) is 2. The monoisotopic (exact) mass is 286 g/mol. The Morgan fingerprint density at radius 2 is 2.19 bits per heavy atom. The van der Waals surface area contributed by atoms with Crippen LogP contribution < -0.4 is 4.74 Å². The second kappa shape index (κ2) is 5.34. The summed E-state index contributed by atoms with van der Waals surface area (Å²) < 4.78 is 6.19. The number of rotatable bonds is 4. The molecule has 3 nitrogen and oxygen atoms in total. The van der Waals surface area contributed by atoms with Gasteiger partial charge in [-0.1, -0.05) is 28.9 Å². The molecule has 1 rings (SSSR count). The molecule has 0 aliphatic heterocycles. The molecule has 0 heterocycles. The smallest absolute Gasteiger partial charge is 0.303 e. The molecule has 0 radical (unpaired) electrons. The van der Waals surface area contributed by atoms with E-state index in [4.69, 9.17) is 9.84 Å². The SMILES string of the molecule is COc1ccc(C)c(Br)c1C(C)CC(=O)O. The Morgan fingerprint density at radius 3 is 2.69 bits per heavy atom. The van der Waals surface area contributed by atoms with Gasteiger partial charge in [0.05, 0.1) is 13.5 Å². The highest BCUT2D eigenvalue weighted by molar-refractivity contribution is 9.10. The number of carbonyl (C=O) groups is 1. The highest BCUT2D eigenvalue weighted by Gasteiger charge is 2.18. The molecule has 1 unspecified atom stereocenters. The third kappa shape index (κ3) is 2.76. The zero-order chi connectivity index (χ0) is 12.3. The Hall–Kier alpha value is -1.03. The highest BCUT2D eigenvalue weighted by atomic mass is 79.9. The van der Waals surface area contributed by atoms with Crippen molar-refractivity contribution in [3.63, 3.8) is 0 Å². The summed E-state index contributed by atoms with van der Waals surface area (Å²) in [7, 11) is 1.59. The van der Waals surface area contributed by atoms with Gasteiger partial charge in [-0.25, -0.2) is 0 Å². The Morgan fingerprint density at radius 1 is 1.56 bits per heavy atom. The van der Waals surface area contributed by atoms with Crippen LogP contribution in [0.5, 0.6) is 5.75 Å². The third-order valence-electron chi connectivity index (χ3n) is 2.53. The topological polar surface area (TPSA) is 46.5 Å². The van der Waals surface area contributed by atoms with Gasteiger partial charge in [0, 0.05) is 10.0 Å². The van der Waals surface area contributed by atoms with Gasteiger partial charge in [-0.3, -0.25) is 4.79 Å². The van der Waals surface area contributed by atoms with Crippen LogP contribution in [-0.4, -0.2) is 18.2 Å². The Labute approximate surface area is 104 Å². The van der Waals surface area contributed by atoms with Crippen molar-refractivity contribution >= 4 is 21.9 Å². The number of benzene rings is 1. The first-order valence-electron chi connectivity index (χ1n) is 5.02. The van der Waals surface area contributed by atoms with Gasteiger partial charge in [-0.05, 0) is 24.5 Å². The van der Waals surface area contributed by atoms with Crippen LogP contribution in [0.2, 0.25) is 0 Å². The molecule has 0 amide bonds. The lowest BCUT2D eigenvalue weighted by molar-refractivity contribution is -0.137. The van der Waals surface area contributed by atoms with E-state index in [1.165, 1.54) is 0 Å². The summed E-state index contributed by atoms with van der Waals surface area (Å²) >= 11 is 3.49. The summed E-state index contributed by atoms with van der Waals surface area (Å²) in [5, 5.41) is 8.81. The molecule has 1 atom stereocenters. The molecule has 0 aliphatic rings. The summed E-state index contributed by atoms with van der Waals surface area (Å²) in [6, 6.07) is 3.81. The lowest BCUT2D eigenvalue weighted by atomic mass is 9.95. The molecular formula is C12H15BrO3. The molecule has 1 N–H and O–H groups in total. The highest BCUT2D eigenvalue weighted by Crippen LogP contribution is 2.37. The quantitative estimate of drug-likeness (QED) is 0.923. The molecule has 4 heteroatoms. The Kier molecular flexibility index (Phi) is 4.35. The molecule has 1 aromatic rings. The van der Waals surface area contributed by atoms with Crippen LogP contribution in [0, 0.1) is 6.92 Å². The lowest BCUT2D eigenvalue weighted by Gasteiger charge is -2.17. The molecule has 0 saturated carbocycles. The third-order valence-corrected chi connectivity index (χ3v) is 3.58. The number of ether oxygens (including phenoxy) is 1. The normalized spacial score (nSPS) is 12.2. The summed E-state index contributed by atoms with van der Waals surface area (Å²) in [6.07, 6.45) is 0.0956. The van der Waals surface area contributed by atoms with Crippen molar-refractivity contribution in [3.8, 4) is 5.75 Å². The van der Waals surface area contributed by atoms with Gasteiger partial charge >= 0.3 is 5.97 Å². The number of halogens is 1. The van der Waals surface area contributed by atoms with Crippen LogP contribution in [-0.2, 0) is 4.79 Å². The Bertz CT molecular complexity index is 401. The maximum Gasteiger partial charge on any atom is 0.303 e. The van der Waals surface area contributed by atoms with E-state index in [0.29, 0.717) is 0 Å². The zero-order valence-electron chi connectivity index (χ0n) is 9.58. The number of aryl methyl sites for hydroxylation is 1. The van der Waals surface area contributed by atoms with Gasteiger partial charge in [0.1, 0.15) is 5.75 Å². The molecular weight excluding hydrogens is 272 g/mol. The van der Waals surface area contributed by atoms with Crippen molar-refractivity contribution in [1.29, 1.82) is 0 Å². The van der Waals surface area contributed by atoms with E-state index in [9.17, 15) is 4.79 Å². The number of carboxylic acid groups (broad SMARTS) is 1. The van der Waals surface area contributed by atoms with E-state index in [0.717, 1.165) is 21.3 Å². The second-order valence-electron chi connectivity index (χ2n) is 3.81. The van der Waals surface area contributed by atoms with Crippen LogP contribution in [0.25, 0.3) is 0 Å². The maximum atomic E-state index is 10.7. The summed E-state index contributed by atoms with van der Waals surface area (Å²) in [4.78, 5) is 10.7. The first kappa shape index (κ1) is 13.0. The number of aliphatic carboxylic acids is 1. The standard InChI is InChI=1S/C12H15BrO3/c1-7-4-5-9(16-3)11(12(7)13)8(2)6-10(14)15/h4-5,8H,6H2,1-3H3,(H,14,15). The van der Waals surface area contributed by atoms with Crippen LogP contribution in [0.15, 0.2) is 16.6 Å². The number of methoxy groups -OCH3 is 1. The van der Waals surface area contributed by atoms with Crippen LogP contribution >= 0.6 is 15.9 Å². The van der Waals surface area contributed by atoms with E-state index in [1.807, 2.05) is 26.0 Å². The summed E-state index contributed by atoms with van der Waals surface area (Å²) in [5.74, 6) is -0.157. The van der Waals surface area contributed by atoms with Gasteiger partial charge in [0.15, 0.2) is 0 Å². The molecule has 0 fully saturated rings. The fourth-order valence-electron chi connectivity index (χ4n) is 1.69. The largest absolute Gasteiger partial charge is 0.496 e. The Balaban J connectivity index is 3.18. The van der Waals surface area contributed by atoms with E-state index in [2.05, 4.69) is 15.9 Å². The van der Waals surface area contributed by atoms with Gasteiger partial charge < -0.3 is 9.84 Å². The van der Waals surface area contributed by atoms with Crippen molar-refractivity contribution in [2.24, 2.45) is 0 Å². The summed E-state index contributed by atoms with van der Waals surface area (Å²) in [6.45, 7) is 3.86. The van der Waals surface area contributed by atoms with E-state index in [1.54, 1.807) is 7.11 Å². The lowest BCUT2D eigenvalue weighted by Crippen LogP contribution is -2.06. The molecule has 0 spiro atoms. The van der Waals surface area contributed by atoms with E-state index in [-0.39, 0.29) is 12.3 Å². The predicted octanol–water partition coefficient (Wildman–Crippen LogP) is 3.34. The average Bonchev–Trinajstić information content (AvgIpc) is 2.20. The number of carboxylic acids is 1. The van der Waals surface area contributed by atoms with Crippen molar-refractivity contribution < 1.29 is 14.6 Å². The van der Waals surface area contributed by atoms with E-state index >= 15 is 0 Å². The van der Waals surface area contributed by atoms with Gasteiger partial charge in [0.25, 0.3) is 0 Å². The zero-order valence-corrected chi connectivity index (χ0v) is 11.2. The number of hydrogen-bond donors (Lipinski definition) is 1. The van der Waals surface area contributed by atoms with E-state index < -0.39 is 5.97 Å². The maximum absolute atomic E-state index is 10.7. The molecule has 1 aromatic carbocycles. The fraction of sp³-hybridized carbons (Fsp3) is 0.417. The van der Waals surface area contributed by atoms with Crippen molar-refractivity contribution in [2.45, 2.75) is 26.2 Å². The van der Waals surface area contributed by atoms with Gasteiger partial charge in [-0.15, -0.1) is 0 Å². The molecule has 0 aliphatic carbocycles. The van der Waals surface area contributed by atoms with Crippen LogP contribution in [0.4, 0.5) is 0 Å². The molecule has 0 saturated heterocycles. The van der Waals surface area contributed by atoms with Crippen LogP contribution in [0.3, 0.4) is 0 Å². The van der Waals surface area contributed by atoms with Crippen molar-refractivity contribution in [2.75, 3.05) is 7.11 Å². The molecule has 0 bridgehead atoms. The van der Waals surface area contributed by atoms with Crippen LogP contribution in [0.1, 0.15) is 30.4 Å². The summed E-state index contributed by atoms with van der Waals surface area (Å²) in [5.41, 5.74) is 2.00. The van der Waals surface area contributed by atoms with Crippen molar-refractivity contribution in [3.05, 3.63) is 27.7 Å². The predicted molar refractivity (Wildman–Crippen MR) is 66.1 cm³/mol. The molecule has 88 valence electrons. The first-order chi connectivity index (χ1) is 7.47. The minimum atomic E-state index is -0.803. The second-order valence-corrected chi connectivity index (χ2v) is 4.60. The first-order valence-corrected chi connectivity index (χ1v) is 5.81. The minimum absolute atomic E-state index is 0.0817. The van der Waals surface area contributed by atoms with Gasteiger partial charge in [0.2, 0.25) is 0 Å². The van der Waals surface area contributed by atoms with Gasteiger partial charge in [-0.2, -0.15) is 0 Å². The minimum Gasteiger partial charge on any atom is -0.496 e. The molecule has 16 heavy (non-hydrogen) atoms. The average molecular weight is 287 g/mol.